The van der Waals surface area contributed by atoms with Crippen LogP contribution in [0.15, 0.2) is 18.2 Å². The van der Waals surface area contributed by atoms with Crippen molar-refractivity contribution in [3.05, 3.63) is 29.3 Å². The molecule has 1 aromatic rings. The molecule has 0 spiro atoms. The number of hydrogen-bond acceptors (Lipinski definition) is 4. The third-order valence-corrected chi connectivity index (χ3v) is 2.74. The van der Waals surface area contributed by atoms with Gasteiger partial charge in [-0.25, -0.2) is 0 Å². The van der Waals surface area contributed by atoms with Crippen LogP contribution in [-0.2, 0) is 4.79 Å². The van der Waals surface area contributed by atoms with Crippen LogP contribution >= 0.6 is 0 Å². The third kappa shape index (κ3) is 3.30. The van der Waals surface area contributed by atoms with Crippen molar-refractivity contribution in [2.75, 3.05) is 14.2 Å². The number of carbonyl (C=O) groups excluding carboxylic acids is 1. The van der Waals surface area contributed by atoms with E-state index in [9.17, 15) is 9.59 Å². The van der Waals surface area contributed by atoms with E-state index in [0.29, 0.717) is 11.3 Å². The molecule has 0 heterocycles. The Labute approximate surface area is 106 Å². The molecule has 0 aliphatic carbocycles. The zero-order valence-corrected chi connectivity index (χ0v) is 10.7. The molecule has 0 bridgehead atoms. The SMILES string of the molecule is CNC(CC(=O)O)C(=O)c1ccc(OC)cc1C. The van der Waals surface area contributed by atoms with Crippen molar-refractivity contribution in [3.63, 3.8) is 0 Å². The topological polar surface area (TPSA) is 75.6 Å². The maximum Gasteiger partial charge on any atom is 0.305 e. The molecule has 0 aliphatic heterocycles. The third-order valence-electron chi connectivity index (χ3n) is 2.74. The molecule has 5 heteroatoms. The van der Waals surface area contributed by atoms with E-state index in [0.717, 1.165) is 5.56 Å². The molecule has 0 saturated carbocycles. The first-order chi connectivity index (χ1) is 8.49. The lowest BCUT2D eigenvalue weighted by molar-refractivity contribution is -0.137. The zero-order valence-electron chi connectivity index (χ0n) is 10.7. The minimum atomic E-state index is -1.01. The number of ether oxygens (including phenoxy) is 1. The minimum Gasteiger partial charge on any atom is -0.497 e. The van der Waals surface area contributed by atoms with Crippen LogP contribution in [0.5, 0.6) is 5.75 Å². The number of carbonyl (C=O) groups is 2. The molecule has 0 aromatic heterocycles. The maximum atomic E-state index is 12.2. The first-order valence-electron chi connectivity index (χ1n) is 5.57. The van der Waals surface area contributed by atoms with Gasteiger partial charge in [0.1, 0.15) is 5.75 Å². The maximum absolute atomic E-state index is 12.2. The monoisotopic (exact) mass is 251 g/mol. The Hall–Kier alpha value is -1.88. The summed E-state index contributed by atoms with van der Waals surface area (Å²) in [4.78, 5) is 22.8. The number of benzene rings is 1. The summed E-state index contributed by atoms with van der Waals surface area (Å²) in [5, 5.41) is 11.5. The summed E-state index contributed by atoms with van der Waals surface area (Å²) in [6.07, 6.45) is -0.235. The molecular weight excluding hydrogens is 234 g/mol. The number of hydrogen-bond donors (Lipinski definition) is 2. The number of aliphatic carboxylic acids is 1. The molecular formula is C13H17NO4. The fourth-order valence-corrected chi connectivity index (χ4v) is 1.73. The lowest BCUT2D eigenvalue weighted by Gasteiger charge is -2.14. The van der Waals surface area contributed by atoms with Crippen molar-refractivity contribution in [2.24, 2.45) is 0 Å². The Morgan fingerprint density at radius 2 is 2.11 bits per heavy atom. The lowest BCUT2D eigenvalue weighted by atomic mass is 9.97. The Balaban J connectivity index is 2.98. The van der Waals surface area contributed by atoms with E-state index in [4.69, 9.17) is 9.84 Å². The molecule has 2 N–H and O–H groups in total. The van der Waals surface area contributed by atoms with Gasteiger partial charge in [-0.1, -0.05) is 0 Å². The van der Waals surface area contributed by atoms with Crippen LogP contribution in [-0.4, -0.2) is 37.1 Å². The molecule has 0 saturated heterocycles. The summed E-state index contributed by atoms with van der Waals surface area (Å²) >= 11 is 0. The largest absolute Gasteiger partial charge is 0.497 e. The number of rotatable bonds is 6. The van der Waals surface area contributed by atoms with Gasteiger partial charge in [0.05, 0.1) is 19.6 Å². The number of aryl methyl sites for hydroxylation is 1. The van der Waals surface area contributed by atoms with Crippen molar-refractivity contribution in [1.29, 1.82) is 0 Å². The van der Waals surface area contributed by atoms with Gasteiger partial charge in [0, 0.05) is 5.56 Å². The van der Waals surface area contributed by atoms with Gasteiger partial charge >= 0.3 is 5.97 Å². The highest BCUT2D eigenvalue weighted by Gasteiger charge is 2.22. The highest BCUT2D eigenvalue weighted by molar-refractivity contribution is 6.02. The van der Waals surface area contributed by atoms with Gasteiger partial charge in [-0.3, -0.25) is 9.59 Å². The van der Waals surface area contributed by atoms with E-state index < -0.39 is 12.0 Å². The molecule has 0 radical (unpaired) electrons. The standard InChI is InChI=1S/C13H17NO4/c1-8-6-9(18-3)4-5-10(8)13(17)11(14-2)7-12(15)16/h4-6,11,14H,7H2,1-3H3,(H,15,16). The number of Topliss-reactive ketones (excluding diaryl/α,β-unsaturated/α-hetero) is 1. The highest BCUT2D eigenvalue weighted by Crippen LogP contribution is 2.18. The Kier molecular flexibility index (Phi) is 4.85. The van der Waals surface area contributed by atoms with Gasteiger partial charge in [0.15, 0.2) is 5.78 Å². The molecule has 18 heavy (non-hydrogen) atoms. The zero-order chi connectivity index (χ0) is 13.7. The number of carboxylic acid groups (broad SMARTS) is 1. The van der Waals surface area contributed by atoms with Gasteiger partial charge in [-0.05, 0) is 37.7 Å². The summed E-state index contributed by atoms with van der Waals surface area (Å²) in [6, 6.07) is 4.38. The fraction of sp³-hybridized carbons (Fsp3) is 0.385. The minimum absolute atomic E-state index is 0.222. The van der Waals surface area contributed by atoms with Crippen LogP contribution in [0.25, 0.3) is 0 Å². The normalized spacial score (nSPS) is 11.9. The Morgan fingerprint density at radius 1 is 1.44 bits per heavy atom. The first kappa shape index (κ1) is 14.2. The molecule has 1 atom stereocenters. The molecule has 0 amide bonds. The van der Waals surface area contributed by atoms with Crippen molar-refractivity contribution in [2.45, 2.75) is 19.4 Å². The summed E-state index contributed by atoms with van der Waals surface area (Å²) in [6.45, 7) is 1.79. The molecule has 0 aliphatic rings. The van der Waals surface area contributed by atoms with Crippen molar-refractivity contribution in [1.82, 2.24) is 5.32 Å². The van der Waals surface area contributed by atoms with E-state index in [-0.39, 0.29) is 12.2 Å². The van der Waals surface area contributed by atoms with E-state index in [2.05, 4.69) is 5.32 Å². The molecule has 98 valence electrons. The molecule has 0 fully saturated rings. The van der Waals surface area contributed by atoms with E-state index in [1.54, 1.807) is 39.3 Å². The van der Waals surface area contributed by atoms with Crippen LogP contribution in [0.4, 0.5) is 0 Å². The summed E-state index contributed by atoms with van der Waals surface area (Å²) in [5.74, 6) is -0.558. The quantitative estimate of drug-likeness (QED) is 0.744. The number of ketones is 1. The van der Waals surface area contributed by atoms with Crippen molar-refractivity contribution in [3.8, 4) is 5.75 Å². The van der Waals surface area contributed by atoms with Gasteiger partial charge in [-0.2, -0.15) is 0 Å². The number of nitrogens with one attached hydrogen (secondary N) is 1. The summed E-state index contributed by atoms with van der Waals surface area (Å²) in [5.41, 5.74) is 1.28. The van der Waals surface area contributed by atoms with E-state index >= 15 is 0 Å². The second-order valence-corrected chi connectivity index (χ2v) is 3.98. The Morgan fingerprint density at radius 3 is 2.56 bits per heavy atom. The highest BCUT2D eigenvalue weighted by atomic mass is 16.5. The van der Waals surface area contributed by atoms with Crippen LogP contribution < -0.4 is 10.1 Å². The number of methoxy groups -OCH3 is 1. The summed E-state index contributed by atoms with van der Waals surface area (Å²) in [7, 11) is 3.13. The summed E-state index contributed by atoms with van der Waals surface area (Å²) < 4.78 is 5.06. The second kappa shape index (κ2) is 6.16. The van der Waals surface area contributed by atoms with Gasteiger partial charge in [0.2, 0.25) is 0 Å². The van der Waals surface area contributed by atoms with Gasteiger partial charge in [0.25, 0.3) is 0 Å². The van der Waals surface area contributed by atoms with Crippen LogP contribution in [0, 0.1) is 6.92 Å². The smallest absolute Gasteiger partial charge is 0.305 e. The van der Waals surface area contributed by atoms with E-state index in [1.165, 1.54) is 0 Å². The number of likely N-dealkylation sites (N-methyl/N-ethyl adjacent to an activating group) is 1. The van der Waals surface area contributed by atoms with Crippen molar-refractivity contribution >= 4 is 11.8 Å². The molecule has 5 nitrogen and oxygen atoms in total. The first-order valence-corrected chi connectivity index (χ1v) is 5.57. The molecule has 1 aromatic carbocycles. The lowest BCUT2D eigenvalue weighted by Crippen LogP contribution is -2.36. The average Bonchev–Trinajstić information content (AvgIpc) is 2.34. The number of carboxylic acids is 1. The second-order valence-electron chi connectivity index (χ2n) is 3.98. The van der Waals surface area contributed by atoms with Crippen molar-refractivity contribution < 1.29 is 19.4 Å². The van der Waals surface area contributed by atoms with E-state index in [1.807, 2.05) is 0 Å². The average molecular weight is 251 g/mol. The van der Waals surface area contributed by atoms with Crippen LogP contribution in [0.2, 0.25) is 0 Å². The molecule has 1 rings (SSSR count). The fourth-order valence-electron chi connectivity index (χ4n) is 1.73. The van der Waals surface area contributed by atoms with Crippen LogP contribution in [0.3, 0.4) is 0 Å². The van der Waals surface area contributed by atoms with Gasteiger partial charge in [-0.15, -0.1) is 0 Å². The van der Waals surface area contributed by atoms with Gasteiger partial charge < -0.3 is 15.2 Å². The predicted octanol–water partition coefficient (Wildman–Crippen LogP) is 1.25. The molecule has 1 unspecified atom stereocenters. The Bertz CT molecular complexity index is 456. The predicted molar refractivity (Wildman–Crippen MR) is 67.2 cm³/mol. The van der Waals surface area contributed by atoms with Crippen LogP contribution in [0.1, 0.15) is 22.3 Å².